The van der Waals surface area contributed by atoms with Crippen LogP contribution < -0.4 is 10.5 Å². The van der Waals surface area contributed by atoms with E-state index in [1.54, 1.807) is 7.11 Å². The number of halogens is 2. The molecular weight excluding hydrogens is 386 g/mol. The minimum atomic E-state index is 0.437. The first kappa shape index (κ1) is 13.5. The van der Waals surface area contributed by atoms with Gasteiger partial charge >= 0.3 is 0 Å². The second kappa shape index (κ2) is 5.10. The Labute approximate surface area is 132 Å². The van der Waals surface area contributed by atoms with Crippen LogP contribution >= 0.6 is 31.9 Å². The molecule has 1 aromatic heterocycles. The Bertz CT molecular complexity index is 798. The fraction of sp³-hybridized carbons (Fsp3) is 0.0714. The van der Waals surface area contributed by atoms with E-state index in [1.807, 2.05) is 41.0 Å². The highest BCUT2D eigenvalue weighted by molar-refractivity contribution is 9.11. The van der Waals surface area contributed by atoms with Gasteiger partial charge in [0.2, 0.25) is 5.95 Å². The van der Waals surface area contributed by atoms with Crippen molar-refractivity contribution >= 4 is 48.8 Å². The van der Waals surface area contributed by atoms with E-state index in [4.69, 9.17) is 10.5 Å². The van der Waals surface area contributed by atoms with Gasteiger partial charge in [-0.3, -0.25) is 4.57 Å². The summed E-state index contributed by atoms with van der Waals surface area (Å²) in [6.07, 6.45) is 0. The van der Waals surface area contributed by atoms with Gasteiger partial charge in [-0.1, -0.05) is 15.9 Å². The number of rotatable bonds is 2. The molecule has 0 radical (unpaired) electrons. The largest absolute Gasteiger partial charge is 0.497 e. The van der Waals surface area contributed by atoms with Gasteiger partial charge in [0.15, 0.2) is 0 Å². The Morgan fingerprint density at radius 2 is 1.95 bits per heavy atom. The van der Waals surface area contributed by atoms with Crippen LogP contribution in [0.2, 0.25) is 0 Å². The third-order valence-electron chi connectivity index (χ3n) is 3.04. The Kier molecular flexibility index (Phi) is 3.43. The maximum absolute atomic E-state index is 6.07. The SMILES string of the molecule is COc1ccc2c(c1)nc(N)n2-c1cc(Br)ccc1Br. The van der Waals surface area contributed by atoms with Crippen LogP contribution in [0.15, 0.2) is 45.3 Å². The number of ether oxygens (including phenoxy) is 1. The fourth-order valence-corrected chi connectivity index (χ4v) is 2.89. The third kappa shape index (κ3) is 2.19. The summed E-state index contributed by atoms with van der Waals surface area (Å²) in [6.45, 7) is 0. The molecule has 2 aromatic carbocycles. The van der Waals surface area contributed by atoms with Crippen LogP contribution in [0.1, 0.15) is 0 Å². The van der Waals surface area contributed by atoms with Crippen molar-refractivity contribution in [1.29, 1.82) is 0 Å². The Hall–Kier alpha value is -1.53. The molecule has 0 spiro atoms. The molecule has 0 bridgehead atoms. The summed E-state index contributed by atoms with van der Waals surface area (Å²) in [5.74, 6) is 1.20. The normalized spacial score (nSPS) is 10.9. The molecule has 0 amide bonds. The summed E-state index contributed by atoms with van der Waals surface area (Å²) < 4.78 is 9.04. The van der Waals surface area contributed by atoms with E-state index in [1.165, 1.54) is 0 Å². The van der Waals surface area contributed by atoms with Gasteiger partial charge in [-0.05, 0) is 46.3 Å². The maximum atomic E-state index is 6.07. The lowest BCUT2D eigenvalue weighted by Gasteiger charge is -2.09. The van der Waals surface area contributed by atoms with Gasteiger partial charge in [0.25, 0.3) is 0 Å². The molecule has 3 rings (SSSR count). The first-order valence-corrected chi connectivity index (χ1v) is 7.46. The lowest BCUT2D eigenvalue weighted by molar-refractivity contribution is 0.415. The second-order valence-corrected chi connectivity index (χ2v) is 6.03. The first-order valence-electron chi connectivity index (χ1n) is 5.87. The highest BCUT2D eigenvalue weighted by Crippen LogP contribution is 2.31. The van der Waals surface area contributed by atoms with Crippen LogP contribution in [0, 0.1) is 0 Å². The van der Waals surface area contributed by atoms with E-state index in [0.717, 1.165) is 31.4 Å². The zero-order valence-electron chi connectivity index (χ0n) is 10.6. The number of nitrogens with two attached hydrogens (primary N) is 1. The molecule has 0 aliphatic carbocycles. The molecular formula is C14H11Br2N3O. The summed E-state index contributed by atoms with van der Waals surface area (Å²) >= 11 is 7.03. The van der Waals surface area contributed by atoms with E-state index in [-0.39, 0.29) is 0 Å². The molecule has 0 unspecified atom stereocenters. The molecule has 4 nitrogen and oxygen atoms in total. The van der Waals surface area contributed by atoms with Gasteiger partial charge < -0.3 is 10.5 Å². The van der Waals surface area contributed by atoms with Gasteiger partial charge in [-0.2, -0.15) is 0 Å². The quantitative estimate of drug-likeness (QED) is 0.708. The summed E-state index contributed by atoms with van der Waals surface area (Å²) in [4.78, 5) is 4.39. The third-order valence-corrected chi connectivity index (χ3v) is 4.20. The molecule has 20 heavy (non-hydrogen) atoms. The molecule has 0 aliphatic heterocycles. The molecule has 102 valence electrons. The van der Waals surface area contributed by atoms with Crippen LogP contribution in [0.4, 0.5) is 5.95 Å². The fourth-order valence-electron chi connectivity index (χ4n) is 2.12. The number of benzene rings is 2. The number of methoxy groups -OCH3 is 1. The van der Waals surface area contributed by atoms with E-state index >= 15 is 0 Å². The molecule has 2 N–H and O–H groups in total. The Balaban J connectivity index is 2.30. The van der Waals surface area contributed by atoms with Crippen molar-refractivity contribution in [2.45, 2.75) is 0 Å². The topological polar surface area (TPSA) is 53.1 Å². The van der Waals surface area contributed by atoms with Gasteiger partial charge in [-0.25, -0.2) is 4.98 Å². The van der Waals surface area contributed by atoms with E-state index in [2.05, 4.69) is 36.8 Å². The molecule has 0 aliphatic rings. The monoisotopic (exact) mass is 395 g/mol. The molecule has 0 saturated heterocycles. The Morgan fingerprint density at radius 3 is 2.70 bits per heavy atom. The zero-order valence-corrected chi connectivity index (χ0v) is 13.8. The minimum absolute atomic E-state index is 0.437. The molecule has 1 heterocycles. The van der Waals surface area contributed by atoms with Gasteiger partial charge in [-0.15, -0.1) is 0 Å². The van der Waals surface area contributed by atoms with Crippen LogP contribution in [-0.2, 0) is 0 Å². The number of nitrogens with zero attached hydrogens (tertiary/aromatic N) is 2. The van der Waals surface area contributed by atoms with Crippen LogP contribution in [-0.4, -0.2) is 16.7 Å². The summed E-state index contributed by atoms with van der Waals surface area (Å²) in [6, 6.07) is 11.6. The number of aromatic nitrogens is 2. The second-order valence-electron chi connectivity index (χ2n) is 4.26. The van der Waals surface area contributed by atoms with Crippen molar-refractivity contribution in [3.63, 3.8) is 0 Å². The number of imidazole rings is 1. The van der Waals surface area contributed by atoms with Crippen molar-refractivity contribution in [3.8, 4) is 11.4 Å². The number of hydrogen-bond acceptors (Lipinski definition) is 3. The Morgan fingerprint density at radius 1 is 1.15 bits per heavy atom. The number of hydrogen-bond donors (Lipinski definition) is 1. The standard InChI is InChI=1S/C14H11Br2N3O/c1-20-9-3-5-12-11(7-9)18-14(17)19(12)13-6-8(15)2-4-10(13)16/h2-7H,1H3,(H2,17,18). The van der Waals surface area contributed by atoms with E-state index in [0.29, 0.717) is 5.95 Å². The predicted octanol–water partition coefficient (Wildman–Crippen LogP) is 4.14. The smallest absolute Gasteiger partial charge is 0.205 e. The van der Waals surface area contributed by atoms with Crippen molar-refractivity contribution < 1.29 is 4.74 Å². The van der Waals surface area contributed by atoms with Gasteiger partial charge in [0.1, 0.15) is 5.75 Å². The van der Waals surface area contributed by atoms with E-state index < -0.39 is 0 Å². The molecule has 0 fully saturated rings. The summed E-state index contributed by atoms with van der Waals surface area (Å²) in [5, 5.41) is 0. The van der Waals surface area contributed by atoms with Crippen molar-refractivity contribution in [2.75, 3.05) is 12.8 Å². The molecule has 3 aromatic rings. The average Bonchev–Trinajstić information content (AvgIpc) is 2.76. The highest BCUT2D eigenvalue weighted by atomic mass is 79.9. The zero-order chi connectivity index (χ0) is 14.3. The van der Waals surface area contributed by atoms with Crippen molar-refractivity contribution in [2.24, 2.45) is 0 Å². The first-order chi connectivity index (χ1) is 9.60. The van der Waals surface area contributed by atoms with Crippen LogP contribution in [0.3, 0.4) is 0 Å². The average molecular weight is 397 g/mol. The molecule has 0 saturated carbocycles. The van der Waals surface area contributed by atoms with Crippen LogP contribution in [0.5, 0.6) is 5.75 Å². The van der Waals surface area contributed by atoms with E-state index in [9.17, 15) is 0 Å². The lowest BCUT2D eigenvalue weighted by Crippen LogP contribution is -2.01. The van der Waals surface area contributed by atoms with Gasteiger partial charge in [0.05, 0.1) is 23.8 Å². The number of fused-ring (bicyclic) bond motifs is 1. The summed E-state index contributed by atoms with van der Waals surface area (Å²) in [5.41, 5.74) is 8.74. The minimum Gasteiger partial charge on any atom is -0.497 e. The number of nitrogen functional groups attached to an aromatic ring is 1. The predicted molar refractivity (Wildman–Crippen MR) is 87.4 cm³/mol. The molecule has 0 atom stereocenters. The van der Waals surface area contributed by atoms with Crippen LogP contribution in [0.25, 0.3) is 16.7 Å². The van der Waals surface area contributed by atoms with Gasteiger partial charge in [0, 0.05) is 15.0 Å². The maximum Gasteiger partial charge on any atom is 0.205 e. The summed E-state index contributed by atoms with van der Waals surface area (Å²) in [7, 11) is 1.63. The van der Waals surface area contributed by atoms with Crippen molar-refractivity contribution in [3.05, 3.63) is 45.3 Å². The number of anilines is 1. The molecule has 6 heteroatoms. The van der Waals surface area contributed by atoms with Crippen molar-refractivity contribution in [1.82, 2.24) is 9.55 Å². The lowest BCUT2D eigenvalue weighted by atomic mass is 10.2. The highest BCUT2D eigenvalue weighted by Gasteiger charge is 2.13.